The summed E-state index contributed by atoms with van der Waals surface area (Å²) in [5, 5.41) is 0. The van der Waals surface area contributed by atoms with Crippen LogP contribution >= 0.6 is 0 Å². The molecule has 2 bridgehead atoms. The summed E-state index contributed by atoms with van der Waals surface area (Å²) in [4.78, 5) is 7.92. The molecule has 0 spiro atoms. The van der Waals surface area contributed by atoms with Gasteiger partial charge in [-0.3, -0.25) is 9.98 Å². The number of hydrogen-bond acceptors (Lipinski definition) is 5. The monoisotopic (exact) mass is 368 g/mol. The Bertz CT molecular complexity index is 634. The van der Waals surface area contributed by atoms with Crippen molar-refractivity contribution in [2.24, 2.45) is 15.8 Å². The number of ether oxygens (including phenoxy) is 3. The van der Waals surface area contributed by atoms with Gasteiger partial charge in [-0.2, -0.15) is 8.78 Å². The molecule has 7 heteroatoms. The predicted molar refractivity (Wildman–Crippen MR) is 93.2 cm³/mol. The van der Waals surface area contributed by atoms with Crippen molar-refractivity contribution < 1.29 is 23.0 Å². The lowest BCUT2D eigenvalue weighted by Gasteiger charge is -2.52. The van der Waals surface area contributed by atoms with Gasteiger partial charge in [0.05, 0.1) is 26.0 Å². The van der Waals surface area contributed by atoms with Crippen molar-refractivity contribution in [1.82, 2.24) is 4.98 Å². The zero-order valence-corrected chi connectivity index (χ0v) is 15.7. The van der Waals surface area contributed by atoms with Gasteiger partial charge in [-0.15, -0.1) is 0 Å². The number of fused-ring (bicyclic) bond motifs is 3. The Morgan fingerprint density at radius 2 is 1.81 bits per heavy atom. The minimum absolute atomic E-state index is 0.175. The van der Waals surface area contributed by atoms with Crippen LogP contribution in [0.4, 0.5) is 8.78 Å². The number of halogens is 2. The minimum atomic E-state index is -3.29. The molecule has 144 valence electrons. The first-order valence-corrected chi connectivity index (χ1v) is 8.79. The van der Waals surface area contributed by atoms with Crippen molar-refractivity contribution in [3.63, 3.8) is 0 Å². The summed E-state index contributed by atoms with van der Waals surface area (Å²) in [6, 6.07) is 3.68. The largest absolute Gasteiger partial charge is 0.325 e. The van der Waals surface area contributed by atoms with Gasteiger partial charge in [0, 0.05) is 11.6 Å². The van der Waals surface area contributed by atoms with E-state index in [1.165, 1.54) is 18.3 Å². The second-order valence-corrected chi connectivity index (χ2v) is 8.68. The molecule has 4 rings (SSSR count). The van der Waals surface area contributed by atoms with Gasteiger partial charge in [0.25, 0.3) is 0 Å². The van der Waals surface area contributed by atoms with Gasteiger partial charge in [0.15, 0.2) is 0 Å². The van der Waals surface area contributed by atoms with E-state index in [0.717, 1.165) is 0 Å². The van der Waals surface area contributed by atoms with E-state index in [1.54, 1.807) is 6.07 Å². The topological polar surface area (TPSA) is 52.9 Å². The highest BCUT2D eigenvalue weighted by atomic mass is 19.3. The summed E-state index contributed by atoms with van der Waals surface area (Å²) in [5.41, 5.74) is -0.723. The highest BCUT2D eigenvalue weighted by Crippen LogP contribution is 2.43. The summed E-state index contributed by atoms with van der Waals surface area (Å²) in [7, 11) is 0. The van der Waals surface area contributed by atoms with Gasteiger partial charge >= 0.3 is 11.9 Å². The van der Waals surface area contributed by atoms with Gasteiger partial charge in [0.1, 0.15) is 11.7 Å². The van der Waals surface area contributed by atoms with Gasteiger partial charge < -0.3 is 14.2 Å². The van der Waals surface area contributed by atoms with Crippen LogP contribution in [0.5, 0.6) is 0 Å². The van der Waals surface area contributed by atoms with Crippen molar-refractivity contribution in [3.8, 4) is 0 Å². The lowest BCUT2D eigenvalue weighted by molar-refractivity contribution is -0.472. The Kier molecular flexibility index (Phi) is 4.92. The molecular weight excluding hydrogens is 342 g/mol. The number of aromatic nitrogens is 1. The summed E-state index contributed by atoms with van der Waals surface area (Å²) < 4.78 is 46.4. The van der Waals surface area contributed by atoms with Crippen LogP contribution < -0.4 is 0 Å². The molecule has 1 aromatic rings. The maximum atomic E-state index is 14.5. The van der Waals surface area contributed by atoms with E-state index in [-0.39, 0.29) is 16.5 Å². The third-order valence-corrected chi connectivity index (χ3v) is 4.50. The van der Waals surface area contributed by atoms with Crippen LogP contribution in [0.2, 0.25) is 0 Å². The molecule has 0 saturated carbocycles. The van der Waals surface area contributed by atoms with Crippen molar-refractivity contribution in [3.05, 3.63) is 30.1 Å². The fraction of sp³-hybridized carbons (Fsp3) is 0.684. The van der Waals surface area contributed by atoms with Crippen molar-refractivity contribution in [1.29, 1.82) is 0 Å². The summed E-state index contributed by atoms with van der Waals surface area (Å²) >= 11 is 0. The molecule has 0 N–H and O–H groups in total. The first kappa shape index (κ1) is 19.3. The Balaban J connectivity index is 1.85. The number of nitrogens with zero attached hydrogens (tertiary/aromatic N) is 2. The molecule has 3 aliphatic heterocycles. The van der Waals surface area contributed by atoms with E-state index in [0.29, 0.717) is 32.5 Å². The number of rotatable bonds is 5. The molecule has 1 aromatic heterocycles. The maximum absolute atomic E-state index is 14.5. The van der Waals surface area contributed by atoms with E-state index in [4.69, 9.17) is 14.2 Å². The van der Waals surface area contributed by atoms with Gasteiger partial charge in [-0.1, -0.05) is 33.8 Å². The Labute approximate surface area is 152 Å². The zero-order valence-electron chi connectivity index (χ0n) is 15.7. The standard InChI is InChI=1S/C19H26F2N2O3/c1-16(2,3)9-15(19-24-11-17(4,12-25-19)13-26-19)23-10-18(20,21)14-7-5-6-8-22-14/h5-8,10,15H,9,11-13H2,1-4H3/t15-,17?,19?/m0/s1. The first-order chi connectivity index (χ1) is 12.0. The third kappa shape index (κ3) is 4.10. The highest BCUT2D eigenvalue weighted by Gasteiger charge is 2.55. The molecule has 1 atom stereocenters. The number of hydrogen-bond donors (Lipinski definition) is 0. The molecule has 0 aromatic carbocycles. The van der Waals surface area contributed by atoms with Crippen molar-refractivity contribution in [2.75, 3.05) is 19.8 Å². The van der Waals surface area contributed by atoms with Gasteiger partial charge in [-0.05, 0) is 24.0 Å². The summed E-state index contributed by atoms with van der Waals surface area (Å²) in [6.07, 6.45) is 2.44. The van der Waals surface area contributed by atoms with E-state index in [9.17, 15) is 8.78 Å². The molecule has 3 fully saturated rings. The average Bonchev–Trinajstić information content (AvgIpc) is 2.59. The van der Waals surface area contributed by atoms with Crippen LogP contribution in [0.15, 0.2) is 29.4 Å². The predicted octanol–water partition coefficient (Wildman–Crippen LogP) is 3.79. The van der Waals surface area contributed by atoms with Crippen LogP contribution in [0.25, 0.3) is 0 Å². The summed E-state index contributed by atoms with van der Waals surface area (Å²) in [5.74, 6) is -4.69. The van der Waals surface area contributed by atoms with E-state index >= 15 is 0 Å². The molecule has 3 saturated heterocycles. The Hall–Kier alpha value is -1.44. The highest BCUT2D eigenvalue weighted by molar-refractivity contribution is 5.68. The lowest BCUT2D eigenvalue weighted by Crippen LogP contribution is -2.64. The quantitative estimate of drug-likeness (QED) is 0.742. The number of aliphatic imine (C=N–C) groups is 1. The first-order valence-electron chi connectivity index (χ1n) is 8.79. The van der Waals surface area contributed by atoms with Crippen molar-refractivity contribution >= 4 is 6.21 Å². The van der Waals surface area contributed by atoms with E-state index in [2.05, 4.69) is 9.98 Å². The fourth-order valence-corrected chi connectivity index (χ4v) is 3.02. The van der Waals surface area contributed by atoms with E-state index in [1.807, 2.05) is 27.7 Å². The minimum Gasteiger partial charge on any atom is -0.325 e. The van der Waals surface area contributed by atoms with Crippen LogP contribution in [-0.2, 0) is 20.1 Å². The fourth-order valence-electron chi connectivity index (χ4n) is 3.02. The van der Waals surface area contributed by atoms with Crippen LogP contribution in [0, 0.1) is 10.8 Å². The third-order valence-electron chi connectivity index (χ3n) is 4.50. The van der Waals surface area contributed by atoms with Crippen LogP contribution in [0.3, 0.4) is 0 Å². The summed E-state index contributed by atoms with van der Waals surface area (Å²) in [6.45, 7) is 9.42. The maximum Gasteiger partial charge on any atom is 0.324 e. The normalized spacial score (nSPS) is 30.7. The lowest BCUT2D eigenvalue weighted by atomic mass is 9.85. The molecule has 5 nitrogen and oxygen atoms in total. The van der Waals surface area contributed by atoms with Gasteiger partial charge in [0.2, 0.25) is 0 Å². The van der Waals surface area contributed by atoms with Gasteiger partial charge in [-0.25, -0.2) is 0 Å². The second kappa shape index (κ2) is 6.62. The average molecular weight is 368 g/mol. The van der Waals surface area contributed by atoms with E-state index < -0.39 is 17.9 Å². The Morgan fingerprint density at radius 3 is 2.31 bits per heavy atom. The molecule has 4 heterocycles. The van der Waals surface area contributed by atoms with Crippen molar-refractivity contribution in [2.45, 2.75) is 52.1 Å². The molecular formula is C19H26F2N2O3. The van der Waals surface area contributed by atoms with Crippen LogP contribution in [0.1, 0.15) is 39.8 Å². The second-order valence-electron chi connectivity index (χ2n) is 8.68. The SMILES string of the molecule is CC(C)(C)C[C@H](N=CC(F)(F)c1ccccn1)C12OCC(C)(CO1)CO2. The smallest absolute Gasteiger partial charge is 0.324 e. The zero-order chi connectivity index (χ0) is 19.1. The number of alkyl halides is 2. The molecule has 3 aliphatic rings. The number of pyridine rings is 1. The van der Waals surface area contributed by atoms with Crippen LogP contribution in [-0.4, -0.2) is 43.0 Å². The molecule has 0 amide bonds. The molecule has 26 heavy (non-hydrogen) atoms. The Morgan fingerprint density at radius 1 is 1.19 bits per heavy atom. The molecule has 0 unspecified atom stereocenters. The molecule has 0 radical (unpaired) electrons. The molecule has 0 aliphatic carbocycles.